The van der Waals surface area contributed by atoms with Crippen LogP contribution in [0.1, 0.15) is 38.7 Å². The van der Waals surface area contributed by atoms with Crippen LogP contribution in [0.2, 0.25) is 0 Å². The summed E-state index contributed by atoms with van der Waals surface area (Å²) < 4.78 is 5.45. The maximum absolute atomic E-state index is 10.6. The first kappa shape index (κ1) is 20.0. The maximum Gasteiger partial charge on any atom is 0.303 e. The molecule has 0 atom stereocenters. The van der Waals surface area contributed by atoms with Gasteiger partial charge in [0.25, 0.3) is 0 Å². The highest BCUT2D eigenvalue weighted by Gasteiger charge is 2.11. The third-order valence-electron chi connectivity index (χ3n) is 4.57. The molecule has 4 nitrogen and oxygen atoms in total. The quantitative estimate of drug-likeness (QED) is 0.620. The molecule has 0 unspecified atom stereocenters. The monoisotopic (exact) mass is 355 g/mol. The molecule has 140 valence electrons. The van der Waals surface area contributed by atoms with Crippen LogP contribution in [-0.4, -0.2) is 35.7 Å². The van der Waals surface area contributed by atoms with Crippen LogP contribution in [0.4, 0.5) is 0 Å². The zero-order valence-electron chi connectivity index (χ0n) is 15.9. The summed E-state index contributed by atoms with van der Waals surface area (Å²) in [7, 11) is 1.69. The van der Waals surface area contributed by atoms with E-state index in [1.165, 1.54) is 5.56 Å². The molecule has 0 aromatic heterocycles. The Kier molecular flexibility index (Phi) is 7.67. The highest BCUT2D eigenvalue weighted by Crippen LogP contribution is 2.29. The number of para-hydroxylation sites is 1. The standard InChI is InChI=1S/C22H29NO3/c1-17(2)23(15-7-6-10-22(24)25)16-18-11-13-19(14-12-18)20-8-4-5-9-21(20)26-3/h4-5,8-9,11-14,17H,6-7,10,15-16H2,1-3H3,(H,24,25). The fraction of sp³-hybridized carbons (Fsp3) is 0.409. The largest absolute Gasteiger partial charge is 0.496 e. The molecule has 2 aromatic rings. The Morgan fingerprint density at radius 1 is 1.08 bits per heavy atom. The van der Waals surface area contributed by atoms with E-state index >= 15 is 0 Å². The van der Waals surface area contributed by atoms with Gasteiger partial charge in [0, 0.05) is 24.6 Å². The summed E-state index contributed by atoms with van der Waals surface area (Å²) in [5.74, 6) is 0.163. The van der Waals surface area contributed by atoms with Crippen LogP contribution in [0.5, 0.6) is 5.75 Å². The predicted octanol–water partition coefficient (Wildman–Crippen LogP) is 4.83. The molecular formula is C22H29NO3. The van der Waals surface area contributed by atoms with Crippen molar-refractivity contribution in [2.45, 2.75) is 45.7 Å². The van der Waals surface area contributed by atoms with Crippen molar-refractivity contribution in [2.24, 2.45) is 0 Å². The number of unbranched alkanes of at least 4 members (excludes halogenated alkanes) is 1. The zero-order valence-corrected chi connectivity index (χ0v) is 15.9. The van der Waals surface area contributed by atoms with Crippen molar-refractivity contribution in [1.29, 1.82) is 0 Å². The van der Waals surface area contributed by atoms with Crippen LogP contribution in [-0.2, 0) is 11.3 Å². The van der Waals surface area contributed by atoms with Crippen molar-refractivity contribution >= 4 is 5.97 Å². The van der Waals surface area contributed by atoms with Gasteiger partial charge in [-0.05, 0) is 50.4 Å². The number of nitrogens with zero attached hydrogens (tertiary/aromatic N) is 1. The Hall–Kier alpha value is -2.33. The van der Waals surface area contributed by atoms with Gasteiger partial charge in [-0.3, -0.25) is 9.69 Å². The van der Waals surface area contributed by atoms with Crippen molar-refractivity contribution in [2.75, 3.05) is 13.7 Å². The van der Waals surface area contributed by atoms with Gasteiger partial charge in [0.15, 0.2) is 0 Å². The van der Waals surface area contributed by atoms with E-state index in [9.17, 15) is 4.79 Å². The van der Waals surface area contributed by atoms with Crippen molar-refractivity contribution in [3.63, 3.8) is 0 Å². The summed E-state index contributed by atoms with van der Waals surface area (Å²) in [4.78, 5) is 13.0. The zero-order chi connectivity index (χ0) is 18.9. The number of methoxy groups -OCH3 is 1. The average Bonchev–Trinajstić information content (AvgIpc) is 2.64. The van der Waals surface area contributed by atoms with Gasteiger partial charge in [0.05, 0.1) is 7.11 Å². The normalized spacial score (nSPS) is 11.1. The predicted molar refractivity (Wildman–Crippen MR) is 105 cm³/mol. The summed E-state index contributed by atoms with van der Waals surface area (Å²) >= 11 is 0. The molecule has 0 aliphatic carbocycles. The molecule has 2 rings (SSSR count). The Morgan fingerprint density at radius 2 is 1.77 bits per heavy atom. The summed E-state index contributed by atoms with van der Waals surface area (Å²) in [6, 6.07) is 17.0. The van der Waals surface area contributed by atoms with Crippen molar-refractivity contribution < 1.29 is 14.6 Å². The molecular weight excluding hydrogens is 326 g/mol. The smallest absolute Gasteiger partial charge is 0.303 e. The molecule has 2 aromatic carbocycles. The maximum atomic E-state index is 10.6. The Balaban J connectivity index is 2.00. The second-order valence-corrected chi connectivity index (χ2v) is 6.81. The number of ether oxygens (including phenoxy) is 1. The van der Waals surface area contributed by atoms with Crippen LogP contribution in [0.3, 0.4) is 0 Å². The molecule has 1 N–H and O–H groups in total. The number of carboxylic acids is 1. The first-order chi connectivity index (χ1) is 12.5. The molecule has 0 heterocycles. The highest BCUT2D eigenvalue weighted by atomic mass is 16.5. The fourth-order valence-corrected chi connectivity index (χ4v) is 3.02. The van der Waals surface area contributed by atoms with E-state index < -0.39 is 5.97 Å². The third kappa shape index (κ3) is 5.88. The van der Waals surface area contributed by atoms with Gasteiger partial charge in [-0.15, -0.1) is 0 Å². The Morgan fingerprint density at radius 3 is 2.38 bits per heavy atom. The molecule has 0 aliphatic heterocycles. The lowest BCUT2D eigenvalue weighted by molar-refractivity contribution is -0.137. The van der Waals surface area contributed by atoms with Crippen LogP contribution in [0.15, 0.2) is 48.5 Å². The summed E-state index contributed by atoms with van der Waals surface area (Å²) in [5, 5.41) is 8.76. The average molecular weight is 355 g/mol. The first-order valence-electron chi connectivity index (χ1n) is 9.19. The summed E-state index contributed by atoms with van der Waals surface area (Å²) in [6.07, 6.45) is 1.88. The van der Waals surface area contributed by atoms with Crippen molar-refractivity contribution in [1.82, 2.24) is 4.90 Å². The third-order valence-corrected chi connectivity index (χ3v) is 4.57. The van der Waals surface area contributed by atoms with E-state index in [4.69, 9.17) is 9.84 Å². The number of carboxylic acid groups (broad SMARTS) is 1. The van der Waals surface area contributed by atoms with Gasteiger partial charge >= 0.3 is 5.97 Å². The number of carbonyl (C=O) groups is 1. The molecule has 0 aliphatic rings. The summed E-state index contributed by atoms with van der Waals surface area (Å²) in [6.45, 7) is 6.15. The van der Waals surface area contributed by atoms with Crippen LogP contribution < -0.4 is 4.74 Å². The lowest BCUT2D eigenvalue weighted by Gasteiger charge is -2.26. The van der Waals surface area contributed by atoms with Gasteiger partial charge in [-0.25, -0.2) is 0 Å². The molecule has 26 heavy (non-hydrogen) atoms. The van der Waals surface area contributed by atoms with Gasteiger partial charge in [0.1, 0.15) is 5.75 Å². The Labute approximate surface area is 156 Å². The Bertz CT molecular complexity index is 695. The van der Waals surface area contributed by atoms with Crippen molar-refractivity contribution in [3.05, 3.63) is 54.1 Å². The molecule has 0 spiro atoms. The van der Waals surface area contributed by atoms with Gasteiger partial charge in [-0.2, -0.15) is 0 Å². The topological polar surface area (TPSA) is 49.8 Å². The second kappa shape index (κ2) is 9.97. The SMILES string of the molecule is COc1ccccc1-c1ccc(CN(CCCCC(=O)O)C(C)C)cc1. The number of hydrogen-bond acceptors (Lipinski definition) is 3. The molecule has 0 fully saturated rings. The summed E-state index contributed by atoms with van der Waals surface area (Å²) in [5.41, 5.74) is 3.50. The number of hydrogen-bond donors (Lipinski definition) is 1. The lowest BCUT2D eigenvalue weighted by Crippen LogP contribution is -2.31. The molecule has 0 amide bonds. The van der Waals surface area contributed by atoms with Gasteiger partial charge in [-0.1, -0.05) is 42.5 Å². The highest BCUT2D eigenvalue weighted by molar-refractivity contribution is 5.70. The number of benzene rings is 2. The second-order valence-electron chi connectivity index (χ2n) is 6.81. The molecule has 0 bridgehead atoms. The first-order valence-corrected chi connectivity index (χ1v) is 9.19. The number of aliphatic carboxylic acids is 1. The van der Waals surface area contributed by atoms with E-state index in [0.717, 1.165) is 42.8 Å². The molecule has 0 saturated carbocycles. The van der Waals surface area contributed by atoms with Crippen LogP contribution in [0.25, 0.3) is 11.1 Å². The van der Waals surface area contributed by atoms with E-state index in [-0.39, 0.29) is 6.42 Å². The minimum atomic E-state index is -0.715. The molecule has 4 heteroatoms. The van der Waals surface area contributed by atoms with E-state index in [1.54, 1.807) is 7.11 Å². The minimum absolute atomic E-state index is 0.250. The van der Waals surface area contributed by atoms with Crippen LogP contribution >= 0.6 is 0 Å². The minimum Gasteiger partial charge on any atom is -0.496 e. The van der Waals surface area contributed by atoms with E-state index in [1.807, 2.05) is 18.2 Å². The van der Waals surface area contributed by atoms with E-state index in [2.05, 4.69) is 49.1 Å². The fourth-order valence-electron chi connectivity index (χ4n) is 3.02. The van der Waals surface area contributed by atoms with Crippen LogP contribution in [0, 0.1) is 0 Å². The van der Waals surface area contributed by atoms with Gasteiger partial charge < -0.3 is 9.84 Å². The molecule has 0 saturated heterocycles. The van der Waals surface area contributed by atoms with E-state index in [0.29, 0.717) is 6.04 Å². The van der Waals surface area contributed by atoms with Gasteiger partial charge in [0.2, 0.25) is 0 Å². The molecule has 0 radical (unpaired) electrons. The van der Waals surface area contributed by atoms with Crippen molar-refractivity contribution in [3.8, 4) is 16.9 Å². The lowest BCUT2D eigenvalue weighted by atomic mass is 10.0. The number of rotatable bonds is 10.